The second-order valence-electron chi connectivity index (χ2n) is 4.04. The molecule has 0 atom stereocenters. The molecule has 58 valence electrons. The smallest absolute Gasteiger partial charge is 0.312 e. The molecule has 0 radical (unpaired) electrons. The quantitative estimate of drug-likeness (QED) is 0.358. The van der Waals surface area contributed by atoms with Gasteiger partial charge >= 0.3 is 6.35 Å². The Kier molecular flexibility index (Phi) is 1.67. The molecule has 0 saturated carbocycles. The van der Waals surface area contributed by atoms with Crippen molar-refractivity contribution in [1.82, 2.24) is 0 Å². The van der Waals surface area contributed by atoms with Gasteiger partial charge in [0.2, 0.25) is 0 Å². The number of hydrogen-bond donors (Lipinski definition) is 0. The Bertz CT molecular complexity index is 182. The third-order valence-corrected chi connectivity index (χ3v) is 3.17. The van der Waals surface area contributed by atoms with E-state index in [2.05, 4.69) is 38.9 Å². The first kappa shape index (κ1) is 7.87. The first-order valence-corrected chi connectivity index (χ1v) is 3.98. The Morgan fingerprint density at radius 1 is 1.30 bits per heavy atom. The zero-order valence-electron chi connectivity index (χ0n) is 7.69. The standard InChI is InChI=1S/C8H17BO/c1-7-6-10(5)9(3,4)8(7)2/h6H2,1-5H3. The molecular formula is C8H17BO. The average Bonchev–Trinajstić information content (AvgIpc) is 1.97. The highest BCUT2D eigenvalue weighted by Gasteiger charge is 2.35. The maximum Gasteiger partial charge on any atom is 0.312 e. The largest absolute Gasteiger partial charge is 0.667 e. The topological polar surface area (TPSA) is 2.70 Å². The number of rotatable bonds is 0. The van der Waals surface area contributed by atoms with Crippen molar-refractivity contribution in [1.29, 1.82) is 0 Å². The van der Waals surface area contributed by atoms with Crippen molar-refractivity contribution in [2.75, 3.05) is 13.7 Å². The van der Waals surface area contributed by atoms with E-state index in [1.165, 1.54) is 5.57 Å². The van der Waals surface area contributed by atoms with Gasteiger partial charge in [-0.2, -0.15) is 0 Å². The molecule has 0 spiro atoms. The normalized spacial score (nSPS) is 26.1. The predicted octanol–water partition coefficient (Wildman–Crippen LogP) is 2.26. The summed E-state index contributed by atoms with van der Waals surface area (Å²) >= 11 is 0. The number of hydrogen-bond acceptors (Lipinski definition) is 0. The van der Waals surface area contributed by atoms with Crippen LogP contribution < -0.4 is 0 Å². The summed E-state index contributed by atoms with van der Waals surface area (Å²) in [5.74, 6) is 0. The minimum Gasteiger partial charge on any atom is -0.667 e. The molecule has 0 amide bonds. The van der Waals surface area contributed by atoms with Crippen molar-refractivity contribution in [3.05, 3.63) is 11.0 Å². The fourth-order valence-corrected chi connectivity index (χ4v) is 1.56. The molecule has 0 aromatic rings. The van der Waals surface area contributed by atoms with Gasteiger partial charge in [0, 0.05) is 0 Å². The highest BCUT2D eigenvalue weighted by molar-refractivity contribution is 6.79. The van der Waals surface area contributed by atoms with Crippen molar-refractivity contribution in [3.8, 4) is 0 Å². The predicted molar refractivity (Wildman–Crippen MR) is 47.7 cm³/mol. The maximum absolute atomic E-state index is 3.22. The van der Waals surface area contributed by atoms with Crippen LogP contribution in [0.25, 0.3) is 0 Å². The highest BCUT2D eigenvalue weighted by atomic mass is 16.6. The summed E-state index contributed by atoms with van der Waals surface area (Å²) < 4.78 is 3.22. The second kappa shape index (κ2) is 2.13. The molecule has 10 heavy (non-hydrogen) atoms. The van der Waals surface area contributed by atoms with Gasteiger partial charge in [-0.15, -0.1) is 19.1 Å². The van der Waals surface area contributed by atoms with Crippen LogP contribution in [0.15, 0.2) is 11.0 Å². The Balaban J connectivity index is 2.94. The van der Waals surface area contributed by atoms with Crippen LogP contribution in [-0.4, -0.2) is 20.1 Å². The average molecular weight is 140 g/mol. The molecule has 1 nitrogen and oxygen atoms in total. The lowest BCUT2D eigenvalue weighted by Gasteiger charge is -2.34. The Hall–Kier alpha value is -0.235. The van der Waals surface area contributed by atoms with Gasteiger partial charge in [0.15, 0.2) is 0 Å². The summed E-state index contributed by atoms with van der Waals surface area (Å²) in [5.41, 5.74) is 3.09. The van der Waals surface area contributed by atoms with Crippen LogP contribution >= 0.6 is 0 Å². The van der Waals surface area contributed by atoms with Crippen LogP contribution in [0.3, 0.4) is 0 Å². The van der Waals surface area contributed by atoms with Crippen LogP contribution in [0, 0.1) is 0 Å². The molecule has 0 aliphatic carbocycles. The Labute approximate surface area is 63.7 Å². The second-order valence-corrected chi connectivity index (χ2v) is 4.04. The van der Waals surface area contributed by atoms with Gasteiger partial charge in [-0.25, -0.2) is 0 Å². The first-order valence-electron chi connectivity index (χ1n) is 3.98. The van der Waals surface area contributed by atoms with Crippen molar-refractivity contribution < 1.29 is 4.28 Å². The molecule has 1 aliphatic heterocycles. The number of allylic oxidation sites excluding steroid dienone is 1. The van der Waals surface area contributed by atoms with Gasteiger partial charge in [0.05, 0.1) is 7.11 Å². The third kappa shape index (κ3) is 0.910. The summed E-state index contributed by atoms with van der Waals surface area (Å²) in [6, 6.07) is 0. The minimum absolute atomic E-state index is 0.414. The van der Waals surface area contributed by atoms with E-state index in [1.54, 1.807) is 5.47 Å². The van der Waals surface area contributed by atoms with E-state index in [9.17, 15) is 0 Å². The Morgan fingerprint density at radius 2 is 1.80 bits per heavy atom. The lowest BCUT2D eigenvalue weighted by Crippen LogP contribution is -2.36. The van der Waals surface area contributed by atoms with E-state index in [-0.39, 0.29) is 0 Å². The van der Waals surface area contributed by atoms with Crippen molar-refractivity contribution in [3.63, 3.8) is 0 Å². The van der Waals surface area contributed by atoms with Crippen molar-refractivity contribution >= 4 is 6.35 Å². The molecule has 2 heteroatoms. The maximum atomic E-state index is 3.22. The van der Waals surface area contributed by atoms with Gasteiger partial charge in [-0.3, -0.25) is 0 Å². The molecule has 0 N–H and O–H groups in total. The minimum atomic E-state index is -0.414. The van der Waals surface area contributed by atoms with E-state index in [0.717, 1.165) is 6.61 Å². The van der Waals surface area contributed by atoms with Crippen LogP contribution in [0.4, 0.5) is 0 Å². The summed E-state index contributed by atoms with van der Waals surface area (Å²) in [4.78, 5) is 0. The summed E-state index contributed by atoms with van der Waals surface area (Å²) in [5, 5.41) is 0. The molecule has 0 aromatic carbocycles. The summed E-state index contributed by atoms with van der Waals surface area (Å²) in [6.07, 6.45) is -0.414. The van der Waals surface area contributed by atoms with Gasteiger partial charge in [0.25, 0.3) is 0 Å². The monoisotopic (exact) mass is 140 g/mol. The fraction of sp³-hybridized carbons (Fsp3) is 0.750. The molecule has 0 saturated heterocycles. The van der Waals surface area contributed by atoms with Crippen molar-refractivity contribution in [2.45, 2.75) is 27.5 Å². The Morgan fingerprint density at radius 3 is 1.90 bits per heavy atom. The zero-order valence-corrected chi connectivity index (χ0v) is 7.69. The molecule has 0 bridgehead atoms. The van der Waals surface area contributed by atoms with E-state index in [4.69, 9.17) is 0 Å². The molecule has 0 unspecified atom stereocenters. The molecule has 1 rings (SSSR count). The SMILES string of the molecule is CC1=C(C)[B-](C)(C)[O+](C)C1. The molecule has 1 aliphatic rings. The molecule has 0 fully saturated rings. The van der Waals surface area contributed by atoms with E-state index in [1.807, 2.05) is 0 Å². The zero-order chi connectivity index (χ0) is 7.94. The summed E-state index contributed by atoms with van der Waals surface area (Å²) in [6.45, 7) is 10.1. The molecule has 1 heterocycles. The van der Waals surface area contributed by atoms with Crippen LogP contribution in [-0.2, 0) is 4.28 Å². The first-order chi connectivity index (χ1) is 4.46. The summed E-state index contributed by atoms with van der Waals surface area (Å²) in [7, 11) is 2.12. The van der Waals surface area contributed by atoms with Gasteiger partial charge < -0.3 is 4.28 Å². The van der Waals surface area contributed by atoms with E-state index >= 15 is 0 Å². The van der Waals surface area contributed by atoms with Gasteiger partial charge in [-0.05, 0) is 12.5 Å². The van der Waals surface area contributed by atoms with Gasteiger partial charge in [0.1, 0.15) is 6.61 Å². The van der Waals surface area contributed by atoms with Crippen LogP contribution in [0.1, 0.15) is 13.8 Å². The lowest BCUT2D eigenvalue weighted by atomic mass is 9.39. The van der Waals surface area contributed by atoms with Crippen molar-refractivity contribution in [2.24, 2.45) is 0 Å². The van der Waals surface area contributed by atoms with Crippen LogP contribution in [0.5, 0.6) is 0 Å². The van der Waals surface area contributed by atoms with E-state index < -0.39 is 6.35 Å². The van der Waals surface area contributed by atoms with Gasteiger partial charge in [-0.1, -0.05) is 6.92 Å². The molecular weight excluding hydrogens is 123 g/mol. The molecule has 0 aromatic heterocycles. The highest BCUT2D eigenvalue weighted by Crippen LogP contribution is 2.31. The van der Waals surface area contributed by atoms with E-state index in [0.29, 0.717) is 0 Å². The fourth-order valence-electron chi connectivity index (χ4n) is 1.56. The third-order valence-electron chi connectivity index (χ3n) is 3.17. The lowest BCUT2D eigenvalue weighted by molar-refractivity contribution is 0.0778. The van der Waals surface area contributed by atoms with Crippen LogP contribution in [0.2, 0.25) is 13.6 Å².